The average molecular weight is 341 g/mol. The van der Waals surface area contributed by atoms with E-state index in [1.54, 1.807) is 0 Å². The molecule has 21 heavy (non-hydrogen) atoms. The van der Waals surface area contributed by atoms with Gasteiger partial charge in [0.05, 0.1) is 12.2 Å². The molecular formula is C13H15ClF2O4S. The Morgan fingerprint density at radius 3 is 2.48 bits per heavy atom. The van der Waals surface area contributed by atoms with Crippen molar-refractivity contribution in [3.05, 3.63) is 29.3 Å². The highest BCUT2D eigenvalue weighted by Crippen LogP contribution is 2.23. The lowest BCUT2D eigenvalue weighted by molar-refractivity contribution is 0.0438. The van der Waals surface area contributed by atoms with Gasteiger partial charge in [-0.2, -0.15) is 0 Å². The summed E-state index contributed by atoms with van der Waals surface area (Å²) < 4.78 is 54.1. The van der Waals surface area contributed by atoms with Crippen molar-refractivity contribution < 1.29 is 26.7 Å². The molecule has 4 nitrogen and oxygen atoms in total. The van der Waals surface area contributed by atoms with Crippen LogP contribution in [0.3, 0.4) is 0 Å². The Morgan fingerprint density at radius 1 is 1.33 bits per heavy atom. The number of ether oxygens (including phenoxy) is 1. The monoisotopic (exact) mass is 340 g/mol. The molecular weight excluding hydrogens is 326 g/mol. The fourth-order valence-corrected chi connectivity index (χ4v) is 2.65. The van der Waals surface area contributed by atoms with E-state index in [4.69, 9.17) is 15.4 Å². The van der Waals surface area contributed by atoms with Gasteiger partial charge in [0.25, 0.3) is 9.05 Å². The Kier molecular flexibility index (Phi) is 6.10. The summed E-state index contributed by atoms with van der Waals surface area (Å²) in [5.41, 5.74) is -0.667. The minimum Gasteiger partial charge on any atom is -0.462 e. The standard InChI is InChI=1S/C13H15ClF2O4S/c1-3-4-8(2)7-20-13(17)9-5-12(21(14,18)19)11(16)6-10(9)15/h5-6,8H,3-4,7H2,1-2H3. The van der Waals surface area contributed by atoms with Crippen LogP contribution in [0.25, 0.3) is 0 Å². The van der Waals surface area contributed by atoms with Crippen LogP contribution in [0, 0.1) is 17.6 Å². The second-order valence-corrected chi connectivity index (χ2v) is 7.23. The molecule has 0 radical (unpaired) electrons. The minimum atomic E-state index is -4.42. The molecule has 0 aliphatic rings. The first kappa shape index (κ1) is 17.8. The van der Waals surface area contributed by atoms with Gasteiger partial charge in [-0.1, -0.05) is 20.3 Å². The SMILES string of the molecule is CCCC(C)COC(=O)c1cc(S(=O)(=O)Cl)c(F)cc1F. The van der Waals surface area contributed by atoms with E-state index in [-0.39, 0.29) is 12.5 Å². The lowest BCUT2D eigenvalue weighted by Gasteiger charge is -2.11. The largest absolute Gasteiger partial charge is 0.462 e. The minimum absolute atomic E-state index is 0.0620. The molecule has 0 fully saturated rings. The second-order valence-electron chi connectivity index (χ2n) is 4.69. The van der Waals surface area contributed by atoms with E-state index < -0.39 is 37.1 Å². The van der Waals surface area contributed by atoms with Gasteiger partial charge in [0.2, 0.25) is 0 Å². The van der Waals surface area contributed by atoms with Crippen molar-refractivity contribution in [2.45, 2.75) is 31.6 Å². The van der Waals surface area contributed by atoms with Crippen LogP contribution in [0.1, 0.15) is 37.0 Å². The van der Waals surface area contributed by atoms with Crippen molar-refractivity contribution in [1.29, 1.82) is 0 Å². The fraction of sp³-hybridized carbons (Fsp3) is 0.462. The number of rotatable bonds is 6. The molecule has 0 N–H and O–H groups in total. The first-order valence-corrected chi connectivity index (χ1v) is 8.58. The summed E-state index contributed by atoms with van der Waals surface area (Å²) in [6, 6.07) is 0.834. The smallest absolute Gasteiger partial charge is 0.341 e. The maximum absolute atomic E-state index is 13.6. The van der Waals surface area contributed by atoms with E-state index >= 15 is 0 Å². The summed E-state index contributed by atoms with van der Waals surface area (Å²) >= 11 is 0. The van der Waals surface area contributed by atoms with Crippen LogP contribution in [0.2, 0.25) is 0 Å². The average Bonchev–Trinajstić information content (AvgIpc) is 2.34. The second kappa shape index (κ2) is 7.17. The number of hydrogen-bond acceptors (Lipinski definition) is 4. The van der Waals surface area contributed by atoms with Gasteiger partial charge in [0.1, 0.15) is 16.5 Å². The summed E-state index contributed by atoms with van der Waals surface area (Å²) in [5.74, 6) is -3.54. The van der Waals surface area contributed by atoms with Gasteiger partial charge in [-0.15, -0.1) is 0 Å². The third-order valence-electron chi connectivity index (χ3n) is 2.78. The molecule has 0 bridgehead atoms. The summed E-state index contributed by atoms with van der Waals surface area (Å²) in [4.78, 5) is 10.8. The van der Waals surface area contributed by atoms with Crippen LogP contribution in [-0.2, 0) is 13.8 Å². The molecule has 1 aromatic carbocycles. The zero-order valence-electron chi connectivity index (χ0n) is 11.5. The molecule has 1 unspecified atom stereocenters. The highest BCUT2D eigenvalue weighted by atomic mass is 35.7. The Labute approximate surface area is 126 Å². The quantitative estimate of drug-likeness (QED) is 0.587. The summed E-state index contributed by atoms with van der Waals surface area (Å²) in [5, 5.41) is 0. The zero-order valence-corrected chi connectivity index (χ0v) is 13.1. The van der Waals surface area contributed by atoms with Crippen LogP contribution >= 0.6 is 10.7 Å². The van der Waals surface area contributed by atoms with Crippen LogP contribution in [0.15, 0.2) is 17.0 Å². The van der Waals surface area contributed by atoms with E-state index in [9.17, 15) is 22.0 Å². The zero-order chi connectivity index (χ0) is 16.2. The van der Waals surface area contributed by atoms with Crippen LogP contribution in [0.5, 0.6) is 0 Å². The molecule has 0 saturated heterocycles. The maximum atomic E-state index is 13.6. The molecule has 1 rings (SSSR count). The van der Waals surface area contributed by atoms with Gasteiger partial charge in [-0.3, -0.25) is 0 Å². The third kappa shape index (κ3) is 4.93. The topological polar surface area (TPSA) is 60.4 Å². The number of esters is 1. The molecule has 118 valence electrons. The Bertz CT molecular complexity index is 631. The number of hydrogen-bond donors (Lipinski definition) is 0. The molecule has 0 aromatic heterocycles. The van der Waals surface area contributed by atoms with Crippen molar-refractivity contribution in [1.82, 2.24) is 0 Å². The van der Waals surface area contributed by atoms with E-state index in [1.165, 1.54) is 0 Å². The van der Waals surface area contributed by atoms with E-state index in [1.807, 2.05) is 13.8 Å². The van der Waals surface area contributed by atoms with Crippen molar-refractivity contribution in [3.8, 4) is 0 Å². The third-order valence-corrected chi connectivity index (χ3v) is 4.12. The van der Waals surface area contributed by atoms with Crippen molar-refractivity contribution in [2.75, 3.05) is 6.61 Å². The highest BCUT2D eigenvalue weighted by Gasteiger charge is 2.23. The molecule has 0 aliphatic carbocycles. The maximum Gasteiger partial charge on any atom is 0.341 e. The molecule has 1 atom stereocenters. The van der Waals surface area contributed by atoms with Crippen molar-refractivity contribution in [3.63, 3.8) is 0 Å². The van der Waals surface area contributed by atoms with Gasteiger partial charge < -0.3 is 4.74 Å². The van der Waals surface area contributed by atoms with Crippen molar-refractivity contribution >= 4 is 25.7 Å². The number of halogens is 3. The molecule has 8 heteroatoms. The Hall–Kier alpha value is -1.21. The Morgan fingerprint density at radius 2 is 1.95 bits per heavy atom. The van der Waals surface area contributed by atoms with Crippen LogP contribution in [0.4, 0.5) is 8.78 Å². The summed E-state index contributed by atoms with van der Waals surface area (Å²) in [6.45, 7) is 3.88. The van der Waals surface area contributed by atoms with Gasteiger partial charge in [-0.05, 0) is 18.4 Å². The summed E-state index contributed by atoms with van der Waals surface area (Å²) in [6.07, 6.45) is 1.72. The molecule has 0 aliphatic heterocycles. The highest BCUT2D eigenvalue weighted by molar-refractivity contribution is 8.13. The first-order valence-electron chi connectivity index (χ1n) is 6.27. The van der Waals surface area contributed by atoms with E-state index in [2.05, 4.69) is 0 Å². The summed E-state index contributed by atoms with van der Waals surface area (Å²) in [7, 11) is 0.596. The molecule has 0 amide bonds. The van der Waals surface area contributed by atoms with Gasteiger partial charge in [0, 0.05) is 16.7 Å². The lowest BCUT2D eigenvalue weighted by Crippen LogP contribution is -2.14. The molecule has 1 aromatic rings. The van der Waals surface area contributed by atoms with Crippen LogP contribution < -0.4 is 0 Å². The number of carbonyl (C=O) groups excluding carboxylic acids is 1. The van der Waals surface area contributed by atoms with Gasteiger partial charge >= 0.3 is 5.97 Å². The van der Waals surface area contributed by atoms with Gasteiger partial charge in [-0.25, -0.2) is 22.0 Å². The lowest BCUT2D eigenvalue weighted by atomic mass is 10.1. The van der Waals surface area contributed by atoms with Crippen LogP contribution in [-0.4, -0.2) is 21.0 Å². The predicted octanol–water partition coefficient (Wildman–Crippen LogP) is 3.49. The molecule has 0 saturated carbocycles. The number of carbonyl (C=O) groups is 1. The van der Waals surface area contributed by atoms with E-state index in [0.717, 1.165) is 12.8 Å². The molecule has 0 heterocycles. The first-order chi connectivity index (χ1) is 9.66. The Balaban J connectivity index is 3.00. The normalized spacial score (nSPS) is 13.0. The number of benzene rings is 1. The fourth-order valence-electron chi connectivity index (χ4n) is 1.74. The predicted molar refractivity (Wildman–Crippen MR) is 73.8 cm³/mol. The van der Waals surface area contributed by atoms with E-state index in [0.29, 0.717) is 12.1 Å². The molecule has 0 spiro atoms. The van der Waals surface area contributed by atoms with Gasteiger partial charge in [0.15, 0.2) is 0 Å². The van der Waals surface area contributed by atoms with Crippen molar-refractivity contribution in [2.24, 2.45) is 5.92 Å².